The highest BCUT2D eigenvalue weighted by Gasteiger charge is 2.34. The molecular formula is C15H21NO2. The van der Waals surface area contributed by atoms with Crippen LogP contribution in [0.3, 0.4) is 0 Å². The third-order valence-corrected chi connectivity index (χ3v) is 3.69. The first kappa shape index (κ1) is 13.1. The highest BCUT2D eigenvalue weighted by Crippen LogP contribution is 2.29. The lowest BCUT2D eigenvalue weighted by molar-refractivity contribution is -0.0368. The van der Waals surface area contributed by atoms with Gasteiger partial charge >= 0.3 is 5.97 Å². The summed E-state index contributed by atoms with van der Waals surface area (Å²) >= 11 is 0. The molecule has 1 aromatic carbocycles. The number of rotatable bonds is 3. The molecule has 1 N–H and O–H groups in total. The zero-order valence-corrected chi connectivity index (χ0v) is 11.1. The fourth-order valence-corrected chi connectivity index (χ4v) is 2.47. The molecule has 18 heavy (non-hydrogen) atoms. The van der Waals surface area contributed by atoms with Crippen LogP contribution in [0.4, 0.5) is 0 Å². The van der Waals surface area contributed by atoms with E-state index in [2.05, 4.69) is 5.32 Å². The van der Waals surface area contributed by atoms with Gasteiger partial charge in [0, 0.05) is 5.92 Å². The number of benzene rings is 1. The van der Waals surface area contributed by atoms with E-state index < -0.39 is 5.60 Å². The molecule has 0 unspecified atom stereocenters. The molecule has 1 heterocycles. The quantitative estimate of drug-likeness (QED) is 0.834. The zero-order chi connectivity index (χ0) is 13.0. The lowest BCUT2D eigenvalue weighted by atomic mass is 9.83. The van der Waals surface area contributed by atoms with Crippen LogP contribution in [0.15, 0.2) is 30.3 Å². The van der Waals surface area contributed by atoms with Gasteiger partial charge < -0.3 is 10.1 Å². The van der Waals surface area contributed by atoms with Gasteiger partial charge in [-0.05, 0) is 51.9 Å². The van der Waals surface area contributed by atoms with E-state index in [0.717, 1.165) is 25.9 Å². The topological polar surface area (TPSA) is 38.3 Å². The highest BCUT2D eigenvalue weighted by atomic mass is 16.6. The van der Waals surface area contributed by atoms with Crippen molar-refractivity contribution in [3.63, 3.8) is 0 Å². The first-order chi connectivity index (χ1) is 8.59. The van der Waals surface area contributed by atoms with Gasteiger partial charge in [-0.2, -0.15) is 0 Å². The first-order valence-electron chi connectivity index (χ1n) is 6.59. The Bertz CT molecular complexity index is 394. The highest BCUT2D eigenvalue weighted by molar-refractivity contribution is 5.89. The Morgan fingerprint density at radius 3 is 2.44 bits per heavy atom. The Kier molecular flexibility index (Phi) is 4.02. The molecule has 0 atom stereocenters. The van der Waals surface area contributed by atoms with Crippen molar-refractivity contribution < 1.29 is 9.53 Å². The van der Waals surface area contributed by atoms with E-state index in [0.29, 0.717) is 11.5 Å². The van der Waals surface area contributed by atoms with Crippen molar-refractivity contribution >= 4 is 5.97 Å². The molecule has 3 heteroatoms. The molecule has 98 valence electrons. The average Bonchev–Trinajstić information content (AvgIpc) is 2.40. The summed E-state index contributed by atoms with van der Waals surface area (Å²) in [4.78, 5) is 12.1. The number of carbonyl (C=O) groups is 1. The SMILES string of the molecule is CC(C)(OC(=O)c1ccccc1)C1CCNCC1. The minimum absolute atomic E-state index is 0.223. The lowest BCUT2D eigenvalue weighted by Gasteiger charge is -2.36. The first-order valence-corrected chi connectivity index (χ1v) is 6.59. The Morgan fingerprint density at radius 1 is 1.22 bits per heavy atom. The van der Waals surface area contributed by atoms with E-state index in [-0.39, 0.29) is 5.97 Å². The van der Waals surface area contributed by atoms with E-state index >= 15 is 0 Å². The third kappa shape index (κ3) is 3.10. The molecule has 2 rings (SSSR count). The Morgan fingerprint density at radius 2 is 1.83 bits per heavy atom. The summed E-state index contributed by atoms with van der Waals surface area (Å²) in [5.74, 6) is 0.213. The van der Waals surface area contributed by atoms with Crippen LogP contribution >= 0.6 is 0 Å². The van der Waals surface area contributed by atoms with Crippen LogP contribution < -0.4 is 5.32 Å². The second kappa shape index (κ2) is 5.53. The number of esters is 1. The van der Waals surface area contributed by atoms with Gasteiger partial charge in [0.05, 0.1) is 5.56 Å². The van der Waals surface area contributed by atoms with Gasteiger partial charge in [0.15, 0.2) is 0 Å². The molecule has 0 bridgehead atoms. The molecule has 1 saturated heterocycles. The second-order valence-electron chi connectivity index (χ2n) is 5.38. The molecule has 1 aliphatic rings. The molecule has 3 nitrogen and oxygen atoms in total. The van der Waals surface area contributed by atoms with Crippen LogP contribution in [0.1, 0.15) is 37.0 Å². The van der Waals surface area contributed by atoms with Gasteiger partial charge in [0.2, 0.25) is 0 Å². The molecule has 0 aromatic heterocycles. The third-order valence-electron chi connectivity index (χ3n) is 3.69. The van der Waals surface area contributed by atoms with Crippen LogP contribution in [0, 0.1) is 5.92 Å². The fourth-order valence-electron chi connectivity index (χ4n) is 2.47. The minimum atomic E-state index is -0.394. The number of hydrogen-bond acceptors (Lipinski definition) is 3. The van der Waals surface area contributed by atoms with Gasteiger partial charge in [0.25, 0.3) is 0 Å². The number of carbonyl (C=O) groups excluding carboxylic acids is 1. The maximum atomic E-state index is 12.1. The molecule has 0 spiro atoms. The maximum absolute atomic E-state index is 12.1. The Labute approximate surface area is 109 Å². The van der Waals surface area contributed by atoms with E-state index in [1.165, 1.54) is 0 Å². The summed E-state index contributed by atoms with van der Waals surface area (Å²) in [5.41, 5.74) is 0.231. The largest absolute Gasteiger partial charge is 0.456 e. The number of hydrogen-bond donors (Lipinski definition) is 1. The molecule has 0 amide bonds. The van der Waals surface area contributed by atoms with Crippen molar-refractivity contribution in [2.24, 2.45) is 5.92 Å². The number of ether oxygens (including phenoxy) is 1. The van der Waals surface area contributed by atoms with Gasteiger partial charge in [-0.1, -0.05) is 18.2 Å². The zero-order valence-electron chi connectivity index (χ0n) is 11.1. The van der Waals surface area contributed by atoms with Crippen molar-refractivity contribution in [1.82, 2.24) is 5.32 Å². The van der Waals surface area contributed by atoms with E-state index in [9.17, 15) is 4.79 Å². The Hall–Kier alpha value is -1.35. The molecular weight excluding hydrogens is 226 g/mol. The summed E-state index contributed by atoms with van der Waals surface area (Å²) in [6, 6.07) is 9.19. The molecule has 1 fully saturated rings. The van der Waals surface area contributed by atoms with Crippen LogP contribution in [0.2, 0.25) is 0 Å². The monoisotopic (exact) mass is 247 g/mol. The van der Waals surface area contributed by atoms with Gasteiger partial charge in [-0.15, -0.1) is 0 Å². The maximum Gasteiger partial charge on any atom is 0.338 e. The normalized spacial score (nSPS) is 17.4. The summed E-state index contributed by atoms with van der Waals surface area (Å²) < 4.78 is 5.70. The molecule has 1 aliphatic heterocycles. The fraction of sp³-hybridized carbons (Fsp3) is 0.533. The number of piperidine rings is 1. The average molecular weight is 247 g/mol. The summed E-state index contributed by atoms with van der Waals surface area (Å²) in [6.07, 6.45) is 2.13. The van der Waals surface area contributed by atoms with Gasteiger partial charge in [-0.3, -0.25) is 0 Å². The predicted molar refractivity (Wildman–Crippen MR) is 71.5 cm³/mol. The van der Waals surface area contributed by atoms with Crippen molar-refractivity contribution in [3.8, 4) is 0 Å². The second-order valence-corrected chi connectivity index (χ2v) is 5.38. The van der Waals surface area contributed by atoms with Crippen LogP contribution in [0.25, 0.3) is 0 Å². The van der Waals surface area contributed by atoms with E-state index in [1.54, 1.807) is 12.1 Å². The predicted octanol–water partition coefficient (Wildman–Crippen LogP) is 2.62. The lowest BCUT2D eigenvalue weighted by Crippen LogP contribution is -2.42. The summed E-state index contributed by atoms with van der Waals surface area (Å²) in [5, 5.41) is 3.33. The van der Waals surface area contributed by atoms with Crippen LogP contribution in [0.5, 0.6) is 0 Å². The summed E-state index contributed by atoms with van der Waals surface area (Å²) in [7, 11) is 0. The molecule has 0 saturated carbocycles. The van der Waals surface area contributed by atoms with Crippen molar-refractivity contribution in [2.75, 3.05) is 13.1 Å². The Balaban J connectivity index is 2.01. The summed E-state index contributed by atoms with van der Waals surface area (Å²) in [6.45, 7) is 6.06. The number of nitrogens with one attached hydrogen (secondary N) is 1. The minimum Gasteiger partial charge on any atom is -0.456 e. The standard InChI is InChI=1S/C15H21NO2/c1-15(2,13-8-10-16-11-9-13)18-14(17)12-6-4-3-5-7-12/h3-7,13,16H,8-11H2,1-2H3. The smallest absolute Gasteiger partial charge is 0.338 e. The molecule has 0 aliphatic carbocycles. The van der Waals surface area contributed by atoms with Crippen molar-refractivity contribution in [2.45, 2.75) is 32.3 Å². The molecule has 1 aromatic rings. The van der Waals surface area contributed by atoms with Crippen molar-refractivity contribution in [3.05, 3.63) is 35.9 Å². The molecule has 0 radical (unpaired) electrons. The van der Waals surface area contributed by atoms with Crippen molar-refractivity contribution in [1.29, 1.82) is 0 Å². The van der Waals surface area contributed by atoms with Gasteiger partial charge in [0.1, 0.15) is 5.60 Å². The van der Waals surface area contributed by atoms with E-state index in [1.807, 2.05) is 32.0 Å². The van der Waals surface area contributed by atoms with Gasteiger partial charge in [-0.25, -0.2) is 4.79 Å². The van der Waals surface area contributed by atoms with Crippen LogP contribution in [-0.2, 0) is 4.74 Å². The van der Waals surface area contributed by atoms with E-state index in [4.69, 9.17) is 4.74 Å². The van der Waals surface area contributed by atoms with Crippen LogP contribution in [-0.4, -0.2) is 24.7 Å².